The van der Waals surface area contributed by atoms with Gasteiger partial charge in [0.15, 0.2) is 0 Å². The molecule has 9 nitrogen and oxygen atoms in total. The standard InChI is InChI=1S/C25H30N6O3/c1-31-22-18(27-23(31)14-5-2-6-14)11-15(12-19(22)28-25(33)21-9-4-10-34-21)24(32)26-13-20-16-7-3-8-17(16)29-30-20/h11-12,14,21H,2-10,13H2,1H3,(H,26,32)(H,28,33)(H,29,30). The molecule has 3 heterocycles. The maximum atomic E-state index is 13.1. The van der Waals surface area contributed by atoms with Gasteiger partial charge in [0, 0.05) is 30.8 Å². The molecule has 6 rings (SSSR count). The summed E-state index contributed by atoms with van der Waals surface area (Å²) in [6.45, 7) is 0.972. The lowest BCUT2D eigenvalue weighted by atomic mass is 9.85. The fourth-order valence-electron chi connectivity index (χ4n) is 5.43. The maximum Gasteiger partial charge on any atom is 0.253 e. The Kier molecular flexibility index (Phi) is 5.36. The number of aromatic amines is 1. The third-order valence-electron chi connectivity index (χ3n) is 7.52. The highest BCUT2D eigenvalue weighted by Gasteiger charge is 2.28. The van der Waals surface area contributed by atoms with E-state index in [1.165, 1.54) is 17.7 Å². The minimum absolute atomic E-state index is 0.171. The number of aryl methyl sites for hydroxylation is 2. The normalized spacial score (nSPS) is 19.9. The van der Waals surface area contributed by atoms with Crippen LogP contribution in [0.3, 0.4) is 0 Å². The first-order valence-electron chi connectivity index (χ1n) is 12.3. The Hall–Kier alpha value is -3.20. The van der Waals surface area contributed by atoms with Crippen LogP contribution in [0.1, 0.15) is 77.6 Å². The SMILES string of the molecule is Cn1c(C2CCC2)nc2cc(C(=O)NCc3n[nH]c4c3CCC4)cc(NC(=O)C3CCCO3)c21. The highest BCUT2D eigenvalue weighted by atomic mass is 16.5. The van der Waals surface area contributed by atoms with Crippen LogP contribution in [0.4, 0.5) is 5.69 Å². The summed E-state index contributed by atoms with van der Waals surface area (Å²) in [5.41, 5.74) is 5.95. The summed E-state index contributed by atoms with van der Waals surface area (Å²) in [5, 5.41) is 13.5. The Morgan fingerprint density at radius 1 is 1.18 bits per heavy atom. The third kappa shape index (κ3) is 3.68. The van der Waals surface area contributed by atoms with Gasteiger partial charge in [-0.05, 0) is 62.6 Å². The van der Waals surface area contributed by atoms with Crippen LogP contribution < -0.4 is 10.6 Å². The summed E-state index contributed by atoms with van der Waals surface area (Å²) < 4.78 is 7.64. The van der Waals surface area contributed by atoms with Crippen molar-refractivity contribution in [1.29, 1.82) is 0 Å². The molecule has 1 aliphatic heterocycles. The number of aromatic nitrogens is 4. The van der Waals surface area contributed by atoms with Crippen LogP contribution in [0.15, 0.2) is 12.1 Å². The lowest BCUT2D eigenvalue weighted by Crippen LogP contribution is -2.28. The van der Waals surface area contributed by atoms with E-state index < -0.39 is 6.10 Å². The Bertz CT molecular complexity index is 1270. The van der Waals surface area contributed by atoms with Gasteiger partial charge in [0.1, 0.15) is 11.9 Å². The number of carbonyl (C=O) groups is 2. The summed E-state index contributed by atoms with van der Waals surface area (Å²) >= 11 is 0. The number of anilines is 1. The van der Waals surface area contributed by atoms with Gasteiger partial charge in [0.2, 0.25) is 0 Å². The van der Waals surface area contributed by atoms with Gasteiger partial charge in [-0.3, -0.25) is 14.7 Å². The average molecular weight is 463 g/mol. The molecule has 1 atom stereocenters. The number of hydrogen-bond acceptors (Lipinski definition) is 5. The molecular formula is C25H30N6O3. The molecule has 1 saturated carbocycles. The number of imidazole rings is 1. The van der Waals surface area contributed by atoms with Crippen LogP contribution in [-0.2, 0) is 36.0 Å². The monoisotopic (exact) mass is 462 g/mol. The molecule has 0 bridgehead atoms. The molecule has 1 aromatic carbocycles. The largest absolute Gasteiger partial charge is 0.368 e. The fraction of sp³-hybridized carbons (Fsp3) is 0.520. The highest BCUT2D eigenvalue weighted by Crippen LogP contribution is 2.38. The second-order valence-electron chi connectivity index (χ2n) is 9.70. The van der Waals surface area contributed by atoms with Gasteiger partial charge in [0.05, 0.1) is 29.0 Å². The Labute approximate surface area is 197 Å². The van der Waals surface area contributed by atoms with Gasteiger partial charge in [0.25, 0.3) is 11.8 Å². The molecule has 1 unspecified atom stereocenters. The van der Waals surface area contributed by atoms with E-state index in [0.717, 1.165) is 61.1 Å². The lowest BCUT2D eigenvalue weighted by molar-refractivity contribution is -0.124. The zero-order valence-electron chi connectivity index (χ0n) is 19.4. The smallest absolute Gasteiger partial charge is 0.253 e. The van der Waals surface area contributed by atoms with Gasteiger partial charge < -0.3 is 19.9 Å². The van der Waals surface area contributed by atoms with Crippen molar-refractivity contribution in [3.63, 3.8) is 0 Å². The van der Waals surface area contributed by atoms with Gasteiger partial charge in [-0.2, -0.15) is 5.10 Å². The predicted octanol–water partition coefficient (Wildman–Crippen LogP) is 3.10. The number of benzene rings is 1. The van der Waals surface area contributed by atoms with E-state index in [1.807, 2.05) is 13.1 Å². The molecule has 1 saturated heterocycles. The molecular weight excluding hydrogens is 432 g/mol. The quantitative estimate of drug-likeness (QED) is 0.521. The topological polar surface area (TPSA) is 114 Å². The van der Waals surface area contributed by atoms with Crippen molar-refractivity contribution in [2.75, 3.05) is 11.9 Å². The second kappa shape index (κ2) is 8.54. The van der Waals surface area contributed by atoms with Crippen LogP contribution in [0.2, 0.25) is 0 Å². The summed E-state index contributed by atoms with van der Waals surface area (Å²) in [7, 11) is 1.99. The molecule has 3 aliphatic rings. The van der Waals surface area contributed by atoms with Crippen molar-refractivity contribution in [3.8, 4) is 0 Å². The number of carbonyl (C=O) groups excluding carboxylic acids is 2. The number of nitrogens with zero attached hydrogens (tertiary/aromatic N) is 3. The third-order valence-corrected chi connectivity index (χ3v) is 7.52. The van der Waals surface area contributed by atoms with Crippen molar-refractivity contribution >= 4 is 28.5 Å². The minimum Gasteiger partial charge on any atom is -0.368 e. The fourth-order valence-corrected chi connectivity index (χ4v) is 5.43. The van der Waals surface area contributed by atoms with Crippen molar-refractivity contribution < 1.29 is 14.3 Å². The summed E-state index contributed by atoms with van der Waals surface area (Å²) in [6.07, 6.45) is 7.73. The van der Waals surface area contributed by atoms with Gasteiger partial charge in [-0.15, -0.1) is 0 Å². The van der Waals surface area contributed by atoms with Crippen molar-refractivity contribution in [2.45, 2.75) is 69.9 Å². The highest BCUT2D eigenvalue weighted by molar-refractivity contribution is 6.06. The molecule has 9 heteroatoms. The van der Waals surface area contributed by atoms with E-state index in [2.05, 4.69) is 25.4 Å². The number of hydrogen-bond donors (Lipinski definition) is 3. The Morgan fingerprint density at radius 3 is 2.82 bits per heavy atom. The first kappa shape index (κ1) is 21.3. The summed E-state index contributed by atoms with van der Waals surface area (Å²) in [4.78, 5) is 30.9. The summed E-state index contributed by atoms with van der Waals surface area (Å²) in [5.74, 6) is 1.06. The Morgan fingerprint density at radius 2 is 2.06 bits per heavy atom. The van der Waals surface area contributed by atoms with Gasteiger partial charge in [-0.1, -0.05) is 6.42 Å². The van der Waals surface area contributed by atoms with Crippen LogP contribution in [0.5, 0.6) is 0 Å². The molecule has 34 heavy (non-hydrogen) atoms. The van der Waals surface area contributed by atoms with E-state index in [-0.39, 0.29) is 11.8 Å². The molecule has 0 radical (unpaired) electrons. The zero-order valence-corrected chi connectivity index (χ0v) is 19.4. The number of rotatable bonds is 6. The first-order valence-corrected chi connectivity index (χ1v) is 12.3. The van der Waals surface area contributed by atoms with E-state index in [0.29, 0.717) is 36.7 Å². The van der Waals surface area contributed by atoms with Gasteiger partial charge >= 0.3 is 0 Å². The van der Waals surface area contributed by atoms with E-state index in [1.54, 1.807) is 6.07 Å². The van der Waals surface area contributed by atoms with Crippen molar-refractivity contribution in [1.82, 2.24) is 25.1 Å². The molecule has 2 aromatic heterocycles. The number of ether oxygens (including phenoxy) is 1. The molecule has 3 aromatic rings. The average Bonchev–Trinajstić information content (AvgIpc) is 3.57. The van der Waals surface area contributed by atoms with Gasteiger partial charge in [-0.25, -0.2) is 4.98 Å². The van der Waals surface area contributed by atoms with Crippen LogP contribution in [0, 0.1) is 0 Å². The van der Waals surface area contributed by atoms with E-state index in [9.17, 15) is 9.59 Å². The van der Waals surface area contributed by atoms with Crippen molar-refractivity contribution in [2.24, 2.45) is 7.05 Å². The number of fused-ring (bicyclic) bond motifs is 2. The molecule has 2 fully saturated rings. The summed E-state index contributed by atoms with van der Waals surface area (Å²) in [6, 6.07) is 3.58. The van der Waals surface area contributed by atoms with E-state index in [4.69, 9.17) is 9.72 Å². The minimum atomic E-state index is -0.450. The molecule has 178 valence electrons. The van der Waals surface area contributed by atoms with Crippen molar-refractivity contribution in [3.05, 3.63) is 40.5 Å². The van der Waals surface area contributed by atoms with Crippen LogP contribution in [-0.4, -0.2) is 44.3 Å². The molecule has 2 amide bonds. The van der Waals surface area contributed by atoms with Crippen LogP contribution in [0.25, 0.3) is 11.0 Å². The zero-order chi connectivity index (χ0) is 23.2. The molecule has 3 N–H and O–H groups in total. The second-order valence-corrected chi connectivity index (χ2v) is 9.70. The molecule has 2 aliphatic carbocycles. The van der Waals surface area contributed by atoms with E-state index >= 15 is 0 Å². The first-order chi connectivity index (χ1) is 16.6. The lowest BCUT2D eigenvalue weighted by Gasteiger charge is -2.24. The number of H-pyrrole nitrogens is 1. The predicted molar refractivity (Wildman–Crippen MR) is 127 cm³/mol. The Balaban J connectivity index is 1.30. The number of amides is 2. The number of nitrogens with one attached hydrogen (secondary N) is 3. The van der Waals surface area contributed by atoms with Crippen LogP contribution >= 0.6 is 0 Å². The molecule has 0 spiro atoms. The maximum absolute atomic E-state index is 13.1.